The van der Waals surface area contributed by atoms with Gasteiger partial charge in [-0.05, 0) is 0 Å². The lowest BCUT2D eigenvalue weighted by Crippen LogP contribution is -2.38. The highest BCUT2D eigenvalue weighted by molar-refractivity contribution is 6.34. The molecule has 6 heteroatoms. The van der Waals surface area contributed by atoms with E-state index in [1.54, 1.807) is 0 Å². The fraction of sp³-hybridized carbons (Fsp3) is 0.545. The minimum absolute atomic E-state index is 0.319. The topological polar surface area (TPSA) is 34.6 Å². The van der Waals surface area contributed by atoms with Crippen LogP contribution in [0.25, 0.3) is 0 Å². The fourth-order valence-electron chi connectivity index (χ4n) is 1.56. The zero-order valence-corrected chi connectivity index (χ0v) is 10.8. The Balaban J connectivity index is 1.77. The molecule has 0 bridgehead atoms. The van der Waals surface area contributed by atoms with E-state index in [4.69, 9.17) is 32.7 Å². The van der Waals surface area contributed by atoms with Crippen molar-refractivity contribution < 1.29 is 9.47 Å². The van der Waals surface area contributed by atoms with E-state index in [-0.39, 0.29) is 0 Å². The van der Waals surface area contributed by atoms with Gasteiger partial charge in [0.2, 0.25) is 5.88 Å². The number of pyridine rings is 1. The molecular formula is C11H13Cl2N2O2. The van der Waals surface area contributed by atoms with E-state index in [0.29, 0.717) is 22.5 Å². The molecule has 1 aliphatic heterocycles. The highest BCUT2D eigenvalue weighted by atomic mass is 35.5. The van der Waals surface area contributed by atoms with Crippen molar-refractivity contribution in [1.82, 2.24) is 9.88 Å². The third-order valence-electron chi connectivity index (χ3n) is 2.46. The molecule has 4 nitrogen and oxygen atoms in total. The third-order valence-corrected chi connectivity index (χ3v) is 2.91. The summed E-state index contributed by atoms with van der Waals surface area (Å²) in [5, 5.41) is 0.704. The lowest BCUT2D eigenvalue weighted by molar-refractivity contribution is 0.0320. The van der Waals surface area contributed by atoms with E-state index in [1.165, 1.54) is 6.20 Å². The van der Waals surface area contributed by atoms with Crippen LogP contribution < -0.4 is 4.74 Å². The van der Waals surface area contributed by atoms with Crippen LogP contribution in [0.1, 0.15) is 0 Å². The van der Waals surface area contributed by atoms with Crippen molar-refractivity contribution in [3.8, 4) is 5.88 Å². The second-order valence-corrected chi connectivity index (χ2v) is 4.44. The van der Waals surface area contributed by atoms with Gasteiger partial charge in [0.25, 0.3) is 0 Å². The monoisotopic (exact) mass is 275 g/mol. The van der Waals surface area contributed by atoms with Gasteiger partial charge in [-0.15, -0.1) is 0 Å². The number of hydrogen-bond acceptors (Lipinski definition) is 4. The molecule has 1 radical (unpaired) electrons. The lowest BCUT2D eigenvalue weighted by atomic mass is 10.4. The molecule has 0 unspecified atom stereocenters. The average Bonchev–Trinajstić information content (AvgIpc) is 2.33. The summed E-state index contributed by atoms with van der Waals surface area (Å²) >= 11 is 11.6. The van der Waals surface area contributed by atoms with E-state index in [0.717, 1.165) is 32.8 Å². The molecule has 2 rings (SSSR count). The molecule has 0 aliphatic carbocycles. The van der Waals surface area contributed by atoms with Gasteiger partial charge in [0, 0.05) is 25.7 Å². The molecule has 2 heterocycles. The third kappa shape index (κ3) is 4.00. The molecule has 0 saturated carbocycles. The van der Waals surface area contributed by atoms with Gasteiger partial charge in [-0.25, -0.2) is 4.98 Å². The van der Waals surface area contributed by atoms with Crippen LogP contribution in [0.4, 0.5) is 0 Å². The normalized spacial score (nSPS) is 17.1. The van der Waals surface area contributed by atoms with Crippen LogP contribution in [0, 0.1) is 6.07 Å². The van der Waals surface area contributed by atoms with Crippen molar-refractivity contribution in [2.75, 3.05) is 39.5 Å². The standard InChI is InChI=1S/C11H13Cl2N2O2/c12-9-7-10(13)11(14-8-9)17-6-3-15-1-4-16-5-2-15/h8H,1-6H2. The number of halogens is 2. The molecule has 1 aromatic rings. The van der Waals surface area contributed by atoms with Gasteiger partial charge in [-0.1, -0.05) is 23.2 Å². The summed E-state index contributed by atoms with van der Waals surface area (Å²) in [6.07, 6.45) is 1.47. The van der Waals surface area contributed by atoms with Crippen LogP contribution in [0.2, 0.25) is 10.0 Å². The van der Waals surface area contributed by atoms with E-state index >= 15 is 0 Å². The molecule has 0 atom stereocenters. The van der Waals surface area contributed by atoms with Crippen LogP contribution in [0.15, 0.2) is 6.20 Å². The minimum Gasteiger partial charge on any atom is -0.475 e. The Labute approximate surface area is 110 Å². The smallest absolute Gasteiger partial charge is 0.233 e. The first-order chi connectivity index (χ1) is 8.25. The Morgan fingerprint density at radius 3 is 2.88 bits per heavy atom. The highest BCUT2D eigenvalue weighted by Crippen LogP contribution is 2.23. The van der Waals surface area contributed by atoms with Crippen LogP contribution in [0.5, 0.6) is 5.88 Å². The maximum atomic E-state index is 5.89. The SMILES string of the molecule is Clc1[c]c(Cl)c(OCCN2CCOCC2)nc1. The summed E-state index contributed by atoms with van der Waals surface area (Å²) in [4.78, 5) is 6.27. The number of morpholine rings is 1. The van der Waals surface area contributed by atoms with Crippen molar-refractivity contribution in [1.29, 1.82) is 0 Å². The summed E-state index contributed by atoms with van der Waals surface area (Å²) in [6, 6.07) is 2.74. The van der Waals surface area contributed by atoms with Gasteiger partial charge < -0.3 is 9.47 Å². The molecule has 93 valence electrons. The first-order valence-electron chi connectivity index (χ1n) is 5.42. The Bertz CT molecular complexity index is 370. The minimum atomic E-state index is 0.319. The molecule has 1 saturated heterocycles. The van der Waals surface area contributed by atoms with Gasteiger partial charge in [0.1, 0.15) is 11.6 Å². The van der Waals surface area contributed by atoms with E-state index in [1.807, 2.05) is 0 Å². The highest BCUT2D eigenvalue weighted by Gasteiger charge is 2.10. The van der Waals surface area contributed by atoms with Crippen LogP contribution in [-0.2, 0) is 4.74 Å². The molecule has 1 aromatic heterocycles. The Morgan fingerprint density at radius 2 is 2.18 bits per heavy atom. The Morgan fingerprint density at radius 1 is 1.41 bits per heavy atom. The van der Waals surface area contributed by atoms with Gasteiger partial charge in [0.05, 0.1) is 24.4 Å². The predicted octanol–water partition coefficient (Wildman–Crippen LogP) is 1.90. The van der Waals surface area contributed by atoms with Crippen molar-refractivity contribution in [2.24, 2.45) is 0 Å². The summed E-state index contributed by atoms with van der Waals surface area (Å²) in [6.45, 7) is 4.84. The molecule has 1 aliphatic rings. The van der Waals surface area contributed by atoms with Crippen LogP contribution >= 0.6 is 23.2 Å². The fourth-order valence-corrected chi connectivity index (χ4v) is 1.96. The van der Waals surface area contributed by atoms with Crippen LogP contribution in [0.3, 0.4) is 0 Å². The first kappa shape index (κ1) is 12.9. The van der Waals surface area contributed by atoms with Gasteiger partial charge in [-0.2, -0.15) is 0 Å². The second-order valence-electron chi connectivity index (χ2n) is 3.65. The zero-order valence-electron chi connectivity index (χ0n) is 9.29. The molecule has 1 fully saturated rings. The van der Waals surface area contributed by atoms with Crippen molar-refractivity contribution in [3.05, 3.63) is 22.3 Å². The number of rotatable bonds is 4. The quantitative estimate of drug-likeness (QED) is 0.841. The van der Waals surface area contributed by atoms with Crippen molar-refractivity contribution in [2.45, 2.75) is 0 Å². The Hall–Kier alpha value is -0.550. The largest absolute Gasteiger partial charge is 0.475 e. The summed E-state index contributed by atoms with van der Waals surface area (Å²) in [7, 11) is 0. The van der Waals surface area contributed by atoms with Gasteiger partial charge >= 0.3 is 0 Å². The van der Waals surface area contributed by atoms with Crippen molar-refractivity contribution >= 4 is 23.2 Å². The molecule has 0 aromatic carbocycles. The van der Waals surface area contributed by atoms with Crippen LogP contribution in [-0.4, -0.2) is 49.3 Å². The van der Waals surface area contributed by atoms with Gasteiger partial charge in [0.15, 0.2) is 0 Å². The molecule has 0 spiro atoms. The van der Waals surface area contributed by atoms with E-state index in [2.05, 4.69) is 16.0 Å². The summed E-state index contributed by atoms with van der Waals surface area (Å²) < 4.78 is 10.7. The van der Waals surface area contributed by atoms with E-state index in [9.17, 15) is 0 Å². The lowest BCUT2D eigenvalue weighted by Gasteiger charge is -2.26. The van der Waals surface area contributed by atoms with E-state index < -0.39 is 0 Å². The maximum absolute atomic E-state index is 5.89. The number of aromatic nitrogens is 1. The summed E-state index contributed by atoms with van der Waals surface area (Å²) in [5.74, 6) is 0.379. The first-order valence-corrected chi connectivity index (χ1v) is 6.17. The zero-order chi connectivity index (χ0) is 12.1. The molecular weight excluding hydrogens is 263 g/mol. The predicted molar refractivity (Wildman–Crippen MR) is 65.8 cm³/mol. The number of ether oxygens (including phenoxy) is 2. The number of hydrogen-bond donors (Lipinski definition) is 0. The molecule has 0 amide bonds. The van der Waals surface area contributed by atoms with Crippen molar-refractivity contribution in [3.63, 3.8) is 0 Å². The average molecular weight is 276 g/mol. The molecule has 17 heavy (non-hydrogen) atoms. The second kappa shape index (κ2) is 6.40. The maximum Gasteiger partial charge on any atom is 0.233 e. The number of nitrogens with zero attached hydrogens (tertiary/aromatic N) is 2. The molecule has 0 N–H and O–H groups in total. The Kier molecular flexibility index (Phi) is 4.86. The van der Waals surface area contributed by atoms with Gasteiger partial charge in [-0.3, -0.25) is 4.90 Å². The summed E-state index contributed by atoms with van der Waals surface area (Å²) in [5.41, 5.74) is 0.